The molecule has 0 saturated carbocycles. The van der Waals surface area contributed by atoms with Crippen molar-refractivity contribution in [3.05, 3.63) is 59.7 Å². The Morgan fingerprint density at radius 3 is 2.46 bits per heavy atom. The number of sulfonamides is 1. The number of aryl methyl sites for hydroxylation is 2. The predicted molar refractivity (Wildman–Crippen MR) is 102 cm³/mol. The monoisotopic (exact) mass is 374 g/mol. The van der Waals surface area contributed by atoms with Crippen molar-refractivity contribution in [3.63, 3.8) is 0 Å². The molecule has 1 fully saturated rings. The van der Waals surface area contributed by atoms with Gasteiger partial charge in [-0.2, -0.15) is 0 Å². The standard InChI is InChI=1S/C18H22N4O3S/c1-12-6-8-14(9-7-12)22-26(24,25)18-16(11-19-21-18)17(23)20-15-5-3-4-13(2)10-15/h3-10,16,18-19,21-22H,11H2,1-2H3,(H,20,23). The van der Waals surface area contributed by atoms with Gasteiger partial charge in [0.05, 0.1) is 5.92 Å². The third-order valence-corrected chi connectivity index (χ3v) is 5.84. The molecule has 1 aliphatic heterocycles. The molecule has 3 rings (SSSR count). The van der Waals surface area contributed by atoms with Gasteiger partial charge in [0.25, 0.3) is 10.0 Å². The van der Waals surface area contributed by atoms with E-state index in [9.17, 15) is 13.2 Å². The zero-order valence-electron chi connectivity index (χ0n) is 14.6. The summed E-state index contributed by atoms with van der Waals surface area (Å²) in [5.74, 6) is -1.12. The third-order valence-electron chi connectivity index (χ3n) is 4.20. The second-order valence-electron chi connectivity index (χ2n) is 6.42. The van der Waals surface area contributed by atoms with Crippen molar-refractivity contribution in [2.75, 3.05) is 16.6 Å². The number of hydrogen-bond donors (Lipinski definition) is 4. The van der Waals surface area contributed by atoms with E-state index in [1.54, 1.807) is 18.2 Å². The molecule has 1 saturated heterocycles. The van der Waals surface area contributed by atoms with Crippen LogP contribution in [0.4, 0.5) is 11.4 Å². The van der Waals surface area contributed by atoms with Crippen LogP contribution in [0.2, 0.25) is 0 Å². The molecule has 0 aromatic heterocycles. The van der Waals surface area contributed by atoms with Crippen molar-refractivity contribution in [2.45, 2.75) is 19.2 Å². The van der Waals surface area contributed by atoms with E-state index in [1.165, 1.54) is 0 Å². The number of nitrogens with one attached hydrogen (secondary N) is 4. The largest absolute Gasteiger partial charge is 0.326 e. The van der Waals surface area contributed by atoms with Gasteiger partial charge in [-0.15, -0.1) is 0 Å². The van der Waals surface area contributed by atoms with Crippen LogP contribution in [0.5, 0.6) is 0 Å². The molecular weight excluding hydrogens is 352 g/mol. The molecule has 1 amide bonds. The maximum absolute atomic E-state index is 12.7. The average molecular weight is 374 g/mol. The highest BCUT2D eigenvalue weighted by Gasteiger charge is 2.41. The first-order valence-corrected chi connectivity index (χ1v) is 9.84. The smallest absolute Gasteiger partial charge is 0.250 e. The number of anilines is 2. The molecule has 1 heterocycles. The van der Waals surface area contributed by atoms with Crippen LogP contribution in [-0.4, -0.2) is 26.2 Å². The van der Waals surface area contributed by atoms with Gasteiger partial charge in [-0.25, -0.2) is 13.8 Å². The lowest BCUT2D eigenvalue weighted by Gasteiger charge is -2.19. The van der Waals surface area contributed by atoms with Crippen molar-refractivity contribution in [1.82, 2.24) is 10.9 Å². The Morgan fingerprint density at radius 1 is 1.04 bits per heavy atom. The first-order chi connectivity index (χ1) is 12.3. The Balaban J connectivity index is 1.74. The molecule has 2 aromatic rings. The van der Waals surface area contributed by atoms with E-state index in [0.717, 1.165) is 11.1 Å². The molecule has 0 bridgehead atoms. The molecule has 4 N–H and O–H groups in total. The lowest BCUT2D eigenvalue weighted by molar-refractivity contribution is -0.119. The van der Waals surface area contributed by atoms with Crippen molar-refractivity contribution < 1.29 is 13.2 Å². The van der Waals surface area contributed by atoms with Crippen LogP contribution in [0.1, 0.15) is 11.1 Å². The second-order valence-corrected chi connectivity index (χ2v) is 8.23. The number of hydrazine groups is 1. The molecule has 2 aromatic carbocycles. The summed E-state index contributed by atoms with van der Waals surface area (Å²) >= 11 is 0. The molecule has 2 unspecified atom stereocenters. The Bertz CT molecular complexity index is 897. The molecule has 2 atom stereocenters. The number of benzene rings is 2. The van der Waals surface area contributed by atoms with E-state index in [2.05, 4.69) is 20.9 Å². The summed E-state index contributed by atoms with van der Waals surface area (Å²) < 4.78 is 28.0. The molecule has 26 heavy (non-hydrogen) atoms. The van der Waals surface area contributed by atoms with Gasteiger partial charge in [0.15, 0.2) is 5.37 Å². The van der Waals surface area contributed by atoms with Gasteiger partial charge in [-0.1, -0.05) is 29.8 Å². The first-order valence-electron chi connectivity index (χ1n) is 8.29. The average Bonchev–Trinajstić information content (AvgIpc) is 3.08. The number of amides is 1. The van der Waals surface area contributed by atoms with Gasteiger partial charge in [0.1, 0.15) is 0 Å². The predicted octanol–water partition coefficient (Wildman–Crippen LogP) is 1.73. The number of rotatable bonds is 5. The van der Waals surface area contributed by atoms with Crippen LogP contribution < -0.4 is 20.9 Å². The quantitative estimate of drug-likeness (QED) is 0.639. The molecule has 1 aliphatic rings. The zero-order chi connectivity index (χ0) is 18.7. The highest BCUT2D eigenvalue weighted by Crippen LogP contribution is 2.20. The maximum atomic E-state index is 12.7. The topological polar surface area (TPSA) is 99.3 Å². The summed E-state index contributed by atoms with van der Waals surface area (Å²) in [7, 11) is -3.80. The minimum atomic E-state index is -3.80. The van der Waals surface area contributed by atoms with Crippen LogP contribution in [0.15, 0.2) is 48.5 Å². The van der Waals surface area contributed by atoms with Gasteiger partial charge in [0, 0.05) is 17.9 Å². The SMILES string of the molecule is Cc1ccc(NS(=O)(=O)C2NNCC2C(=O)Nc2cccc(C)c2)cc1. The van der Waals surface area contributed by atoms with Gasteiger partial charge in [0.2, 0.25) is 5.91 Å². The fraction of sp³-hybridized carbons (Fsp3) is 0.278. The summed E-state index contributed by atoms with van der Waals surface area (Å²) in [5, 5.41) is 1.71. The van der Waals surface area contributed by atoms with Gasteiger partial charge < -0.3 is 5.32 Å². The van der Waals surface area contributed by atoms with Crippen LogP contribution in [-0.2, 0) is 14.8 Å². The Kier molecular flexibility index (Phi) is 5.26. The highest BCUT2D eigenvalue weighted by molar-refractivity contribution is 7.93. The lowest BCUT2D eigenvalue weighted by atomic mass is 10.1. The molecule has 0 spiro atoms. The van der Waals surface area contributed by atoms with Crippen molar-refractivity contribution in [3.8, 4) is 0 Å². The van der Waals surface area contributed by atoms with Crippen LogP contribution in [0, 0.1) is 19.8 Å². The summed E-state index contributed by atoms with van der Waals surface area (Å²) in [6.07, 6.45) is 0. The van der Waals surface area contributed by atoms with Crippen molar-refractivity contribution in [1.29, 1.82) is 0 Å². The minimum absolute atomic E-state index is 0.219. The number of carbonyl (C=O) groups excluding carboxylic acids is 1. The highest BCUT2D eigenvalue weighted by atomic mass is 32.2. The van der Waals surface area contributed by atoms with Crippen LogP contribution in [0.3, 0.4) is 0 Å². The van der Waals surface area contributed by atoms with E-state index >= 15 is 0 Å². The number of carbonyl (C=O) groups is 1. The third kappa shape index (κ3) is 4.21. The molecule has 8 heteroatoms. The number of hydrogen-bond acceptors (Lipinski definition) is 5. The van der Waals surface area contributed by atoms with Crippen LogP contribution >= 0.6 is 0 Å². The molecule has 138 valence electrons. The Morgan fingerprint density at radius 2 is 1.77 bits per heavy atom. The van der Waals surface area contributed by atoms with E-state index < -0.39 is 21.3 Å². The summed E-state index contributed by atoms with van der Waals surface area (Å²) in [5.41, 5.74) is 8.61. The van der Waals surface area contributed by atoms with Crippen LogP contribution in [0.25, 0.3) is 0 Å². The fourth-order valence-electron chi connectivity index (χ4n) is 2.81. The Hall–Kier alpha value is -2.42. The minimum Gasteiger partial charge on any atom is -0.326 e. The molecule has 0 aliphatic carbocycles. The van der Waals surface area contributed by atoms with Crippen molar-refractivity contribution >= 4 is 27.3 Å². The maximum Gasteiger partial charge on any atom is 0.250 e. The van der Waals surface area contributed by atoms with E-state index in [1.807, 2.05) is 44.2 Å². The van der Waals surface area contributed by atoms with Gasteiger partial charge in [-0.05, 0) is 43.7 Å². The van der Waals surface area contributed by atoms with E-state index in [-0.39, 0.29) is 12.5 Å². The molecule has 0 radical (unpaired) electrons. The Labute approximate surface area is 153 Å². The summed E-state index contributed by atoms with van der Waals surface area (Å²) in [6.45, 7) is 4.07. The fourth-order valence-corrected chi connectivity index (χ4v) is 4.29. The molecular formula is C18H22N4O3S. The van der Waals surface area contributed by atoms with E-state index in [4.69, 9.17) is 0 Å². The van der Waals surface area contributed by atoms with Crippen molar-refractivity contribution in [2.24, 2.45) is 5.92 Å². The molecule has 7 nitrogen and oxygen atoms in total. The first kappa shape index (κ1) is 18.4. The van der Waals surface area contributed by atoms with Gasteiger partial charge >= 0.3 is 0 Å². The van der Waals surface area contributed by atoms with E-state index in [0.29, 0.717) is 11.4 Å². The summed E-state index contributed by atoms with van der Waals surface area (Å²) in [6, 6.07) is 14.4. The lowest BCUT2D eigenvalue weighted by Crippen LogP contribution is -2.45. The van der Waals surface area contributed by atoms with Gasteiger partial charge in [-0.3, -0.25) is 14.9 Å². The summed E-state index contributed by atoms with van der Waals surface area (Å²) in [4.78, 5) is 12.6. The zero-order valence-corrected chi connectivity index (χ0v) is 15.4. The second kappa shape index (κ2) is 7.45. The normalized spacial score (nSPS) is 19.9.